The quantitative estimate of drug-likeness (QED) is 0.303. The highest BCUT2D eigenvalue weighted by Gasteiger charge is 2.36. The van der Waals surface area contributed by atoms with E-state index in [1.807, 2.05) is 43.3 Å². The highest BCUT2D eigenvalue weighted by molar-refractivity contribution is 9.10. The maximum atomic E-state index is 13.2. The number of halogens is 2. The van der Waals surface area contributed by atoms with Gasteiger partial charge in [-0.3, -0.25) is 14.9 Å². The first-order valence-corrected chi connectivity index (χ1v) is 12.1. The van der Waals surface area contributed by atoms with Crippen molar-refractivity contribution in [3.05, 3.63) is 98.0 Å². The summed E-state index contributed by atoms with van der Waals surface area (Å²) in [6.07, 6.45) is 2.76. The zero-order valence-electron chi connectivity index (χ0n) is 19.1. The number of hydrogen-bond donors (Lipinski definition) is 1. The number of carbonyl (C=O) groups is 3. The zero-order valence-corrected chi connectivity index (χ0v) is 21.4. The van der Waals surface area contributed by atoms with Gasteiger partial charge >= 0.3 is 6.03 Å². The van der Waals surface area contributed by atoms with Crippen LogP contribution >= 0.6 is 27.5 Å². The fourth-order valence-electron chi connectivity index (χ4n) is 3.84. The summed E-state index contributed by atoms with van der Waals surface area (Å²) in [6.45, 7) is 2.01. The van der Waals surface area contributed by atoms with Crippen molar-refractivity contribution in [2.45, 2.75) is 19.8 Å². The third-order valence-corrected chi connectivity index (χ3v) is 6.85. The summed E-state index contributed by atoms with van der Waals surface area (Å²) in [5.74, 6) is -0.962. The average molecular weight is 554 g/mol. The van der Waals surface area contributed by atoms with Crippen molar-refractivity contribution in [2.24, 2.45) is 0 Å². The number of imide groups is 2. The van der Waals surface area contributed by atoms with Gasteiger partial charge in [-0.05, 0) is 59.5 Å². The van der Waals surface area contributed by atoms with Crippen LogP contribution in [0.4, 0.5) is 10.5 Å². The Labute approximate surface area is 216 Å². The minimum atomic E-state index is -0.791. The number of ether oxygens (including phenoxy) is 1. The molecule has 3 aromatic rings. The third-order valence-electron chi connectivity index (χ3n) is 5.74. The minimum absolute atomic E-state index is 0.180. The molecule has 8 heteroatoms. The number of carbonyl (C=O) groups excluding carboxylic acids is 3. The second-order valence-electron chi connectivity index (χ2n) is 7.93. The monoisotopic (exact) mass is 552 g/mol. The molecule has 0 atom stereocenters. The lowest BCUT2D eigenvalue weighted by Crippen LogP contribution is -2.54. The van der Waals surface area contributed by atoms with Gasteiger partial charge in [0.1, 0.15) is 11.3 Å². The first-order valence-electron chi connectivity index (χ1n) is 10.9. The molecule has 1 saturated heterocycles. The smallest absolute Gasteiger partial charge is 0.335 e. The van der Waals surface area contributed by atoms with E-state index in [4.69, 9.17) is 16.3 Å². The molecule has 3 aromatic carbocycles. The number of rotatable bonds is 6. The summed E-state index contributed by atoms with van der Waals surface area (Å²) in [7, 11) is 1.53. The van der Waals surface area contributed by atoms with Crippen LogP contribution in [0, 0.1) is 0 Å². The lowest BCUT2D eigenvalue weighted by Gasteiger charge is -2.26. The number of aryl methyl sites for hydroxylation is 1. The molecule has 4 amide bonds. The molecule has 1 N–H and O–H groups in total. The Bertz CT molecular complexity index is 1350. The number of urea groups is 1. The summed E-state index contributed by atoms with van der Waals surface area (Å²) >= 11 is 10.2. The molecule has 4 rings (SSSR count). The second kappa shape index (κ2) is 10.5. The number of benzene rings is 3. The van der Waals surface area contributed by atoms with Gasteiger partial charge in [-0.2, -0.15) is 0 Å². The molecule has 0 saturated carbocycles. The largest absolute Gasteiger partial charge is 0.496 e. The normalized spacial score (nSPS) is 14.9. The van der Waals surface area contributed by atoms with E-state index in [1.54, 1.807) is 24.3 Å². The molecule has 0 aromatic heterocycles. The second-order valence-corrected chi connectivity index (χ2v) is 9.19. The Morgan fingerprint density at radius 3 is 2.43 bits per heavy atom. The summed E-state index contributed by atoms with van der Waals surface area (Å²) in [5, 5.41) is 2.67. The van der Waals surface area contributed by atoms with Crippen molar-refractivity contribution in [1.82, 2.24) is 5.32 Å². The Balaban J connectivity index is 1.69. The highest BCUT2D eigenvalue weighted by atomic mass is 79.9. The Hall–Kier alpha value is -3.42. The highest BCUT2D eigenvalue weighted by Crippen LogP contribution is 2.33. The van der Waals surface area contributed by atoms with E-state index in [2.05, 4.69) is 21.2 Å². The molecule has 1 fully saturated rings. The van der Waals surface area contributed by atoms with Crippen molar-refractivity contribution in [1.29, 1.82) is 0 Å². The Morgan fingerprint density at radius 2 is 1.77 bits per heavy atom. The van der Waals surface area contributed by atoms with Gasteiger partial charge in [-0.25, -0.2) is 9.69 Å². The fourth-order valence-corrected chi connectivity index (χ4v) is 4.55. The van der Waals surface area contributed by atoms with Gasteiger partial charge in [0, 0.05) is 21.5 Å². The van der Waals surface area contributed by atoms with Crippen molar-refractivity contribution < 1.29 is 19.1 Å². The molecule has 1 heterocycles. The van der Waals surface area contributed by atoms with Crippen molar-refractivity contribution in [3.63, 3.8) is 0 Å². The molecular weight excluding hydrogens is 532 g/mol. The predicted octanol–water partition coefficient (Wildman–Crippen LogP) is 5.93. The van der Waals surface area contributed by atoms with Crippen molar-refractivity contribution in [3.8, 4) is 5.75 Å². The van der Waals surface area contributed by atoms with Gasteiger partial charge in [-0.15, -0.1) is 0 Å². The molecule has 0 radical (unpaired) electrons. The van der Waals surface area contributed by atoms with Crippen LogP contribution in [0.2, 0.25) is 5.02 Å². The lowest BCUT2D eigenvalue weighted by atomic mass is 10.0. The van der Waals surface area contributed by atoms with E-state index >= 15 is 0 Å². The number of barbiturate groups is 1. The molecule has 0 spiro atoms. The molecule has 0 aliphatic carbocycles. The van der Waals surface area contributed by atoms with E-state index < -0.39 is 17.8 Å². The van der Waals surface area contributed by atoms with Gasteiger partial charge in [0.05, 0.1) is 12.8 Å². The van der Waals surface area contributed by atoms with Crippen LogP contribution in [0.5, 0.6) is 5.75 Å². The summed E-state index contributed by atoms with van der Waals surface area (Å²) in [6, 6.07) is 17.4. The number of hydrogen-bond acceptors (Lipinski definition) is 4. The molecule has 0 unspecified atom stereocenters. The van der Waals surface area contributed by atoms with Crippen LogP contribution < -0.4 is 15.0 Å². The molecule has 1 aliphatic rings. The molecule has 6 nitrogen and oxygen atoms in total. The van der Waals surface area contributed by atoms with E-state index in [0.29, 0.717) is 28.4 Å². The van der Waals surface area contributed by atoms with E-state index in [0.717, 1.165) is 32.5 Å². The van der Waals surface area contributed by atoms with Gasteiger partial charge in [0.15, 0.2) is 0 Å². The van der Waals surface area contributed by atoms with Crippen LogP contribution in [-0.2, 0) is 22.4 Å². The Kier molecular flexibility index (Phi) is 7.38. The number of anilines is 1. The third kappa shape index (κ3) is 5.16. The topological polar surface area (TPSA) is 75.7 Å². The predicted molar refractivity (Wildman–Crippen MR) is 140 cm³/mol. The zero-order chi connectivity index (χ0) is 25.1. The number of amides is 4. The summed E-state index contributed by atoms with van der Waals surface area (Å²) in [4.78, 5) is 39.2. The summed E-state index contributed by atoms with van der Waals surface area (Å²) in [5.41, 5.74) is 3.56. The van der Waals surface area contributed by atoms with Crippen LogP contribution in [0.1, 0.15) is 29.2 Å². The van der Waals surface area contributed by atoms with E-state index in [9.17, 15) is 14.4 Å². The van der Waals surface area contributed by atoms with Crippen LogP contribution in [0.15, 0.2) is 70.7 Å². The Morgan fingerprint density at radius 1 is 1.06 bits per heavy atom. The van der Waals surface area contributed by atoms with Gasteiger partial charge < -0.3 is 4.74 Å². The van der Waals surface area contributed by atoms with Gasteiger partial charge in [0.25, 0.3) is 11.8 Å². The first-order chi connectivity index (χ1) is 16.8. The SMILES string of the molecule is CCc1ccc(N2C(=O)NC(=O)/C(=C\c3cc(Cl)c(Cc4ccccc4Br)c(OC)c3)C2=O)cc1. The number of nitrogens with zero attached hydrogens (tertiary/aromatic N) is 1. The van der Waals surface area contributed by atoms with Crippen molar-refractivity contribution >= 4 is 57.1 Å². The summed E-state index contributed by atoms with van der Waals surface area (Å²) < 4.78 is 6.52. The van der Waals surface area contributed by atoms with Gasteiger partial charge in [0.2, 0.25) is 0 Å². The van der Waals surface area contributed by atoms with Crippen LogP contribution in [0.3, 0.4) is 0 Å². The molecule has 178 valence electrons. The van der Waals surface area contributed by atoms with Gasteiger partial charge in [-0.1, -0.05) is 64.8 Å². The van der Waals surface area contributed by atoms with Crippen LogP contribution in [0.25, 0.3) is 6.08 Å². The van der Waals surface area contributed by atoms with Crippen LogP contribution in [-0.4, -0.2) is 25.0 Å². The number of methoxy groups -OCH3 is 1. The number of nitrogens with one attached hydrogen (secondary N) is 1. The molecular formula is C27H22BrClN2O4. The fraction of sp³-hybridized carbons (Fsp3) is 0.148. The first kappa shape index (κ1) is 24.7. The molecule has 0 bridgehead atoms. The lowest BCUT2D eigenvalue weighted by molar-refractivity contribution is -0.122. The van der Waals surface area contributed by atoms with E-state index in [-0.39, 0.29) is 5.57 Å². The minimum Gasteiger partial charge on any atom is -0.496 e. The maximum Gasteiger partial charge on any atom is 0.335 e. The average Bonchev–Trinajstić information content (AvgIpc) is 2.84. The van der Waals surface area contributed by atoms with Crippen molar-refractivity contribution in [2.75, 3.05) is 12.0 Å². The molecule has 35 heavy (non-hydrogen) atoms. The molecule has 1 aliphatic heterocycles. The standard InChI is InChI=1S/C27H22BrClN2O4/c1-3-16-8-10-19(11-9-16)31-26(33)21(25(32)30-27(31)34)12-17-13-23(29)20(24(14-17)35-2)15-18-6-4-5-7-22(18)28/h4-14H,3,15H2,1-2H3,(H,30,32,34)/b21-12+. The maximum absolute atomic E-state index is 13.2. The van der Waals surface area contributed by atoms with E-state index in [1.165, 1.54) is 13.2 Å².